The number of anilines is 1. The van der Waals surface area contributed by atoms with Crippen LogP contribution in [-0.4, -0.2) is 23.7 Å². The Morgan fingerprint density at radius 1 is 1.20 bits per heavy atom. The van der Waals surface area contributed by atoms with Crippen LogP contribution in [0, 0.1) is 6.92 Å². The molecule has 2 aromatic rings. The molecule has 2 aromatic carbocycles. The van der Waals surface area contributed by atoms with Crippen molar-refractivity contribution in [1.29, 1.82) is 0 Å². The Bertz CT molecular complexity index is 762. The molecule has 2 rings (SSSR count). The molecule has 0 radical (unpaired) electrons. The summed E-state index contributed by atoms with van der Waals surface area (Å²) in [4.78, 5) is 25.1. The van der Waals surface area contributed by atoms with Crippen molar-refractivity contribution in [2.24, 2.45) is 0 Å². The number of carbonyl (C=O) groups is 2. The molecule has 0 aromatic heterocycles. The standard InChI is InChI=1S/C19H20ClNO3S/c1-4-24-19(23)14-5-10-17(12(2)11-14)21-18(22)13(3)25-16-8-6-15(20)7-9-16/h5-11,13H,4H2,1-3H3,(H,21,22)/t13-/m0/s1. The summed E-state index contributed by atoms with van der Waals surface area (Å²) in [5.41, 5.74) is 1.96. The first-order valence-corrected chi connectivity index (χ1v) is 9.17. The van der Waals surface area contributed by atoms with Crippen LogP contribution in [-0.2, 0) is 9.53 Å². The van der Waals surface area contributed by atoms with Gasteiger partial charge in [0.1, 0.15) is 0 Å². The molecule has 6 heteroatoms. The monoisotopic (exact) mass is 377 g/mol. The van der Waals surface area contributed by atoms with Gasteiger partial charge in [0.15, 0.2) is 0 Å². The molecule has 132 valence electrons. The van der Waals surface area contributed by atoms with Crippen LogP contribution in [0.1, 0.15) is 29.8 Å². The average Bonchev–Trinajstić information content (AvgIpc) is 2.58. The maximum atomic E-state index is 12.4. The molecule has 0 saturated heterocycles. The number of carbonyl (C=O) groups excluding carboxylic acids is 2. The highest BCUT2D eigenvalue weighted by Gasteiger charge is 2.16. The van der Waals surface area contributed by atoms with E-state index in [4.69, 9.17) is 16.3 Å². The molecule has 4 nitrogen and oxygen atoms in total. The number of halogens is 1. The molecular weight excluding hydrogens is 358 g/mol. The third kappa shape index (κ3) is 5.51. The zero-order valence-electron chi connectivity index (χ0n) is 14.3. The fraction of sp³-hybridized carbons (Fsp3) is 0.263. The van der Waals surface area contributed by atoms with Crippen molar-refractivity contribution in [1.82, 2.24) is 0 Å². The van der Waals surface area contributed by atoms with Gasteiger partial charge in [-0.15, -0.1) is 11.8 Å². The Labute approximate surface area is 156 Å². The summed E-state index contributed by atoms with van der Waals surface area (Å²) in [6.07, 6.45) is 0. The lowest BCUT2D eigenvalue weighted by molar-refractivity contribution is -0.115. The van der Waals surface area contributed by atoms with Gasteiger partial charge in [0.2, 0.25) is 5.91 Å². The maximum Gasteiger partial charge on any atom is 0.338 e. The molecule has 25 heavy (non-hydrogen) atoms. The van der Waals surface area contributed by atoms with Gasteiger partial charge >= 0.3 is 5.97 Å². The van der Waals surface area contributed by atoms with Gasteiger partial charge in [0, 0.05) is 15.6 Å². The van der Waals surface area contributed by atoms with Crippen LogP contribution in [0.25, 0.3) is 0 Å². The number of hydrogen-bond acceptors (Lipinski definition) is 4. The third-order valence-corrected chi connectivity index (χ3v) is 4.86. The van der Waals surface area contributed by atoms with Gasteiger partial charge in [-0.25, -0.2) is 4.79 Å². The normalized spacial score (nSPS) is 11.7. The highest BCUT2D eigenvalue weighted by atomic mass is 35.5. The van der Waals surface area contributed by atoms with E-state index >= 15 is 0 Å². The third-order valence-electron chi connectivity index (χ3n) is 3.49. The van der Waals surface area contributed by atoms with Crippen LogP contribution in [0.15, 0.2) is 47.4 Å². The first-order chi connectivity index (χ1) is 11.9. The minimum Gasteiger partial charge on any atom is -0.462 e. The van der Waals surface area contributed by atoms with Crippen molar-refractivity contribution in [3.8, 4) is 0 Å². The second-order valence-electron chi connectivity index (χ2n) is 5.45. The number of benzene rings is 2. The van der Waals surface area contributed by atoms with E-state index in [9.17, 15) is 9.59 Å². The molecule has 0 fully saturated rings. The highest BCUT2D eigenvalue weighted by molar-refractivity contribution is 8.00. The van der Waals surface area contributed by atoms with Gasteiger partial charge in [-0.2, -0.15) is 0 Å². The van der Waals surface area contributed by atoms with E-state index < -0.39 is 0 Å². The molecule has 0 heterocycles. The van der Waals surface area contributed by atoms with Crippen LogP contribution < -0.4 is 5.32 Å². The van der Waals surface area contributed by atoms with E-state index in [0.717, 1.165) is 10.5 Å². The van der Waals surface area contributed by atoms with E-state index in [2.05, 4.69) is 5.32 Å². The molecule has 0 aliphatic heterocycles. The lowest BCUT2D eigenvalue weighted by Crippen LogP contribution is -2.23. The molecule has 0 aliphatic rings. The summed E-state index contributed by atoms with van der Waals surface area (Å²) < 4.78 is 4.98. The number of ether oxygens (including phenoxy) is 1. The maximum absolute atomic E-state index is 12.4. The van der Waals surface area contributed by atoms with Crippen molar-refractivity contribution in [2.45, 2.75) is 30.9 Å². The van der Waals surface area contributed by atoms with Crippen LogP contribution in [0.5, 0.6) is 0 Å². The van der Waals surface area contributed by atoms with Crippen LogP contribution >= 0.6 is 23.4 Å². The Morgan fingerprint density at radius 3 is 2.48 bits per heavy atom. The van der Waals surface area contributed by atoms with E-state index in [-0.39, 0.29) is 17.1 Å². The van der Waals surface area contributed by atoms with Crippen molar-refractivity contribution in [3.63, 3.8) is 0 Å². The molecule has 1 atom stereocenters. The molecular formula is C19H20ClNO3S. The van der Waals surface area contributed by atoms with Gasteiger partial charge in [0.25, 0.3) is 0 Å². The number of rotatable bonds is 6. The Balaban J connectivity index is 2.01. The fourth-order valence-electron chi connectivity index (χ4n) is 2.15. The lowest BCUT2D eigenvalue weighted by Gasteiger charge is -2.14. The highest BCUT2D eigenvalue weighted by Crippen LogP contribution is 2.26. The predicted molar refractivity (Wildman–Crippen MR) is 103 cm³/mol. The fourth-order valence-corrected chi connectivity index (χ4v) is 3.14. The Kier molecular flexibility index (Phi) is 6.91. The van der Waals surface area contributed by atoms with Gasteiger partial charge in [-0.05, 0) is 68.8 Å². The van der Waals surface area contributed by atoms with Gasteiger partial charge in [-0.1, -0.05) is 11.6 Å². The quantitative estimate of drug-likeness (QED) is 0.572. The summed E-state index contributed by atoms with van der Waals surface area (Å²) in [6.45, 7) is 5.78. The first-order valence-electron chi connectivity index (χ1n) is 7.91. The largest absolute Gasteiger partial charge is 0.462 e. The smallest absolute Gasteiger partial charge is 0.338 e. The minimum absolute atomic E-state index is 0.105. The number of esters is 1. The van der Waals surface area contributed by atoms with Gasteiger partial charge in [0.05, 0.1) is 17.4 Å². The molecule has 1 N–H and O–H groups in total. The van der Waals surface area contributed by atoms with Crippen LogP contribution in [0.3, 0.4) is 0 Å². The minimum atomic E-state index is -0.366. The topological polar surface area (TPSA) is 55.4 Å². The summed E-state index contributed by atoms with van der Waals surface area (Å²) in [7, 11) is 0. The summed E-state index contributed by atoms with van der Waals surface area (Å²) in [5.74, 6) is -0.470. The Hall–Kier alpha value is -1.98. The summed E-state index contributed by atoms with van der Waals surface area (Å²) in [6, 6.07) is 12.5. The van der Waals surface area contributed by atoms with E-state index in [1.165, 1.54) is 11.8 Å². The summed E-state index contributed by atoms with van der Waals surface area (Å²) >= 11 is 7.32. The number of nitrogens with one attached hydrogen (secondary N) is 1. The molecule has 1 amide bonds. The molecule has 0 unspecified atom stereocenters. The lowest BCUT2D eigenvalue weighted by atomic mass is 10.1. The number of hydrogen-bond donors (Lipinski definition) is 1. The van der Waals surface area contributed by atoms with E-state index in [1.54, 1.807) is 37.3 Å². The number of amides is 1. The van der Waals surface area contributed by atoms with Crippen LogP contribution in [0.4, 0.5) is 5.69 Å². The van der Waals surface area contributed by atoms with Crippen molar-refractivity contribution >= 4 is 40.9 Å². The van der Waals surface area contributed by atoms with Crippen molar-refractivity contribution in [2.75, 3.05) is 11.9 Å². The zero-order chi connectivity index (χ0) is 18.4. The number of aryl methyl sites for hydroxylation is 1. The Morgan fingerprint density at radius 2 is 1.88 bits per heavy atom. The second-order valence-corrected chi connectivity index (χ2v) is 7.30. The number of thioether (sulfide) groups is 1. The molecule has 0 saturated carbocycles. The molecule has 0 bridgehead atoms. The average molecular weight is 378 g/mol. The van der Waals surface area contributed by atoms with Gasteiger partial charge < -0.3 is 10.1 Å². The van der Waals surface area contributed by atoms with Crippen molar-refractivity contribution < 1.29 is 14.3 Å². The SMILES string of the molecule is CCOC(=O)c1ccc(NC(=O)[C@H](C)Sc2ccc(Cl)cc2)c(C)c1. The van der Waals surface area contributed by atoms with Crippen molar-refractivity contribution in [3.05, 3.63) is 58.6 Å². The van der Waals surface area contributed by atoms with Gasteiger partial charge in [-0.3, -0.25) is 4.79 Å². The summed E-state index contributed by atoms with van der Waals surface area (Å²) in [5, 5.41) is 3.29. The van der Waals surface area contributed by atoms with E-state index in [1.807, 2.05) is 26.0 Å². The predicted octanol–water partition coefficient (Wildman–Crippen LogP) is 4.94. The van der Waals surface area contributed by atoms with E-state index in [0.29, 0.717) is 22.9 Å². The zero-order valence-corrected chi connectivity index (χ0v) is 15.9. The second kappa shape index (κ2) is 8.92. The molecule has 0 aliphatic carbocycles. The first kappa shape index (κ1) is 19.3. The molecule has 0 spiro atoms. The van der Waals surface area contributed by atoms with Crippen LogP contribution in [0.2, 0.25) is 5.02 Å².